The number of fused-ring (bicyclic) bond motifs is 6. The lowest BCUT2D eigenvalue weighted by Crippen LogP contribution is -2.08. The fourth-order valence-electron chi connectivity index (χ4n) is 8.04. The first-order chi connectivity index (χ1) is 32.7. The van der Waals surface area contributed by atoms with Gasteiger partial charge in [-0.05, 0) is 88.1 Å². The number of nitrogens with one attached hydrogen (secondary N) is 2. The van der Waals surface area contributed by atoms with Crippen LogP contribution in [-0.4, -0.2) is 44.3 Å². The molecule has 2 N–H and O–H groups in total. The van der Waals surface area contributed by atoms with Crippen LogP contribution in [0.1, 0.15) is 55.8 Å². The average molecular weight is 919 g/mol. The zero-order chi connectivity index (χ0) is 46.3. The molecule has 0 saturated carbocycles. The molecule has 5 heterocycles. The summed E-state index contributed by atoms with van der Waals surface area (Å²) in [5.41, 5.74) is 11.8. The number of ether oxygens (including phenoxy) is 1. The van der Waals surface area contributed by atoms with E-state index < -0.39 is 0 Å². The van der Waals surface area contributed by atoms with E-state index in [2.05, 4.69) is 34.9 Å². The highest BCUT2D eigenvalue weighted by Crippen LogP contribution is 2.46. The summed E-state index contributed by atoms with van der Waals surface area (Å²) in [5.74, 6) is 1.45. The number of para-hydroxylation sites is 2. The van der Waals surface area contributed by atoms with Crippen LogP contribution in [0.15, 0.2) is 180 Å². The van der Waals surface area contributed by atoms with Crippen molar-refractivity contribution in [1.29, 1.82) is 0 Å². The van der Waals surface area contributed by atoms with E-state index in [1.807, 2.05) is 171 Å². The minimum Gasteiger partial charge on any atom is -0.381 e. The molecule has 2 aromatic heterocycles. The highest BCUT2D eigenvalue weighted by atomic mass is 32.2. The van der Waals surface area contributed by atoms with Crippen molar-refractivity contribution in [3.63, 3.8) is 0 Å². The third-order valence-corrected chi connectivity index (χ3v) is 13.5. The first-order valence-electron chi connectivity index (χ1n) is 22.3. The molecular weight excluding hydrogens is 869 g/mol. The number of aromatic nitrogens is 4. The zero-order valence-corrected chi connectivity index (χ0v) is 39.5. The molecular formula is C56H50N6O3S2. The van der Waals surface area contributed by atoms with Crippen LogP contribution < -0.4 is 10.6 Å². The summed E-state index contributed by atoms with van der Waals surface area (Å²) in [6.45, 7) is 10.0. The number of carbonyl (C=O) groups excluding carboxylic acids is 2. The van der Waals surface area contributed by atoms with E-state index in [1.54, 1.807) is 35.7 Å². The molecule has 0 spiro atoms. The third kappa shape index (κ3) is 10.6. The molecule has 67 heavy (non-hydrogen) atoms. The predicted octanol–water partition coefficient (Wildman–Crippen LogP) is 14.2. The Bertz CT molecular complexity index is 2940. The highest BCUT2D eigenvalue weighted by Gasteiger charge is 2.26. The standard InChI is InChI=1S/2C26H21N3OS.C4H8O/c2*1-17-12-13-20(18(2)14-17)23(30)16-26-29-22(21-10-6-7-11-24(21)31-26)15-25(28-29)27-19-8-4-3-5-9-19;1-2-4-5-3-1/h2*3-16H,1-2H3,(H,27,28);1-4H2/b2*26-16-;. The van der Waals surface area contributed by atoms with Crippen LogP contribution >= 0.6 is 23.5 Å². The molecule has 11 rings (SSSR count). The quantitative estimate of drug-likeness (QED) is 0.114. The minimum absolute atomic E-state index is 0.0154. The van der Waals surface area contributed by atoms with E-state index in [9.17, 15) is 9.59 Å². The van der Waals surface area contributed by atoms with Crippen molar-refractivity contribution >= 4 is 68.2 Å². The Hall–Kier alpha value is -7.18. The molecule has 0 aliphatic carbocycles. The van der Waals surface area contributed by atoms with Gasteiger partial charge in [-0.3, -0.25) is 9.59 Å². The Balaban J connectivity index is 0.000000152. The first-order valence-corrected chi connectivity index (χ1v) is 23.9. The topological polar surface area (TPSA) is 103 Å². The van der Waals surface area contributed by atoms with E-state index in [0.29, 0.717) is 11.1 Å². The van der Waals surface area contributed by atoms with Gasteiger partial charge in [-0.25, -0.2) is 9.36 Å². The maximum absolute atomic E-state index is 13.1. The fourth-order valence-corrected chi connectivity index (χ4v) is 10.1. The number of hydrogen-bond donors (Lipinski definition) is 2. The number of aryl methyl sites for hydroxylation is 4. The maximum atomic E-state index is 13.1. The maximum Gasteiger partial charge on any atom is 0.188 e. The van der Waals surface area contributed by atoms with Crippen LogP contribution in [0, 0.1) is 27.7 Å². The molecule has 8 aromatic rings. The average Bonchev–Trinajstić information content (AvgIpc) is 4.14. The summed E-state index contributed by atoms with van der Waals surface area (Å²) in [6, 6.07) is 52.2. The second kappa shape index (κ2) is 20.6. The summed E-state index contributed by atoms with van der Waals surface area (Å²) in [6.07, 6.45) is 5.95. The number of ketones is 2. The Labute approximate surface area is 400 Å². The molecule has 0 radical (unpaired) electrons. The van der Waals surface area contributed by atoms with Crippen molar-refractivity contribution < 1.29 is 14.3 Å². The van der Waals surface area contributed by atoms with Gasteiger partial charge in [-0.1, -0.05) is 144 Å². The van der Waals surface area contributed by atoms with Crippen LogP contribution in [-0.2, 0) is 4.74 Å². The molecule has 1 saturated heterocycles. The van der Waals surface area contributed by atoms with E-state index in [1.165, 1.54) is 12.8 Å². The SMILES string of the molecule is C1CCOC1.Cc1ccc(C(=O)/C=C2\Sc3ccccc3-c3cc(Nc4ccccc4)nn32)c(C)c1.Cc1ccc(C(=O)/C=C2\Sc3ccccc3-c3cc(Nc4ccccc4)nn32)c(C)c1. The van der Waals surface area contributed by atoms with E-state index >= 15 is 0 Å². The molecule has 3 aliphatic rings. The number of thioether (sulfide) groups is 2. The Kier molecular flexibility index (Phi) is 13.8. The van der Waals surface area contributed by atoms with E-state index in [0.717, 1.165) is 101 Å². The van der Waals surface area contributed by atoms with Gasteiger partial charge in [0.05, 0.1) is 11.4 Å². The summed E-state index contributed by atoms with van der Waals surface area (Å²) < 4.78 is 8.67. The molecule has 3 aliphatic heterocycles. The van der Waals surface area contributed by atoms with Crippen LogP contribution in [0.4, 0.5) is 23.0 Å². The second-order valence-corrected chi connectivity index (χ2v) is 18.6. The van der Waals surface area contributed by atoms with Gasteiger partial charge in [0.1, 0.15) is 10.1 Å². The fraction of sp³-hybridized carbons (Fsp3) is 0.143. The lowest BCUT2D eigenvalue weighted by molar-refractivity contribution is 0.103. The lowest BCUT2D eigenvalue weighted by Gasteiger charge is -2.19. The van der Waals surface area contributed by atoms with Gasteiger partial charge in [0.2, 0.25) is 0 Å². The first kappa shape index (κ1) is 45.0. The number of anilines is 4. The Morgan fingerprint density at radius 3 is 1.31 bits per heavy atom. The molecule has 334 valence electrons. The Morgan fingerprint density at radius 1 is 0.522 bits per heavy atom. The molecule has 11 heteroatoms. The van der Waals surface area contributed by atoms with E-state index in [-0.39, 0.29) is 11.6 Å². The van der Waals surface area contributed by atoms with Gasteiger partial charge in [0, 0.05) is 80.9 Å². The van der Waals surface area contributed by atoms with Crippen molar-refractivity contribution in [2.24, 2.45) is 0 Å². The van der Waals surface area contributed by atoms with Crippen molar-refractivity contribution in [3.05, 3.63) is 203 Å². The lowest BCUT2D eigenvalue weighted by atomic mass is 10.0. The van der Waals surface area contributed by atoms with Gasteiger partial charge in [0.15, 0.2) is 23.2 Å². The van der Waals surface area contributed by atoms with Crippen LogP contribution in [0.5, 0.6) is 0 Å². The number of carbonyl (C=O) groups is 2. The molecule has 1 fully saturated rings. The number of rotatable bonds is 8. The third-order valence-electron chi connectivity index (χ3n) is 11.3. The number of benzene rings is 6. The van der Waals surface area contributed by atoms with Crippen LogP contribution in [0.2, 0.25) is 0 Å². The van der Waals surface area contributed by atoms with E-state index in [4.69, 9.17) is 14.9 Å². The normalized spacial score (nSPS) is 14.3. The number of nitrogens with zero attached hydrogens (tertiary/aromatic N) is 4. The van der Waals surface area contributed by atoms with Gasteiger partial charge in [-0.2, -0.15) is 0 Å². The summed E-state index contributed by atoms with van der Waals surface area (Å²) in [5, 5.41) is 17.8. The molecule has 0 unspecified atom stereocenters. The number of hydrogen-bond acceptors (Lipinski definition) is 9. The van der Waals surface area contributed by atoms with Gasteiger partial charge >= 0.3 is 0 Å². The van der Waals surface area contributed by atoms with Crippen LogP contribution in [0.3, 0.4) is 0 Å². The smallest absolute Gasteiger partial charge is 0.188 e. The largest absolute Gasteiger partial charge is 0.381 e. The molecule has 0 bridgehead atoms. The van der Waals surface area contributed by atoms with Crippen molar-refractivity contribution in [2.75, 3.05) is 23.8 Å². The van der Waals surface area contributed by atoms with Gasteiger partial charge in [0.25, 0.3) is 0 Å². The van der Waals surface area contributed by atoms with Crippen molar-refractivity contribution in [2.45, 2.75) is 50.3 Å². The van der Waals surface area contributed by atoms with Crippen molar-refractivity contribution in [3.8, 4) is 22.5 Å². The minimum atomic E-state index is -0.0154. The predicted molar refractivity (Wildman–Crippen MR) is 276 cm³/mol. The second-order valence-electron chi connectivity index (χ2n) is 16.5. The monoisotopic (exact) mass is 918 g/mol. The van der Waals surface area contributed by atoms with Gasteiger partial charge < -0.3 is 15.4 Å². The molecule has 0 atom stereocenters. The van der Waals surface area contributed by atoms with Crippen molar-refractivity contribution in [1.82, 2.24) is 19.6 Å². The van der Waals surface area contributed by atoms with Gasteiger partial charge in [-0.15, -0.1) is 10.2 Å². The van der Waals surface area contributed by atoms with Crippen LogP contribution in [0.25, 0.3) is 32.6 Å². The molecule has 0 amide bonds. The molecule has 6 aromatic carbocycles. The molecule has 9 nitrogen and oxygen atoms in total. The summed E-state index contributed by atoms with van der Waals surface area (Å²) in [4.78, 5) is 28.5. The zero-order valence-electron chi connectivity index (χ0n) is 37.8. The highest BCUT2D eigenvalue weighted by molar-refractivity contribution is 8.08. The Morgan fingerprint density at radius 2 is 0.925 bits per heavy atom. The number of allylic oxidation sites excluding steroid dienone is 2. The summed E-state index contributed by atoms with van der Waals surface area (Å²) in [7, 11) is 0. The summed E-state index contributed by atoms with van der Waals surface area (Å²) >= 11 is 3.13.